The predicted octanol–water partition coefficient (Wildman–Crippen LogP) is 3.45. The van der Waals surface area contributed by atoms with Crippen LogP contribution in [0.15, 0.2) is 30.3 Å². The van der Waals surface area contributed by atoms with E-state index < -0.39 is 11.9 Å². The second-order valence-electron chi connectivity index (χ2n) is 5.95. The molecule has 0 radical (unpaired) electrons. The van der Waals surface area contributed by atoms with Crippen molar-refractivity contribution in [3.05, 3.63) is 46.3 Å². The second-order valence-corrected chi connectivity index (χ2v) is 7.00. The van der Waals surface area contributed by atoms with Crippen molar-refractivity contribution in [1.82, 2.24) is 0 Å². The Kier molecular flexibility index (Phi) is 8.42. The second kappa shape index (κ2) is 11.0. The molecule has 0 aliphatic carbocycles. The number of carbonyl (C=O) groups excluding carboxylic acids is 3. The number of aryl methyl sites for hydroxylation is 1. The molecule has 0 saturated carbocycles. The molecule has 0 atom stereocenters. The molecule has 0 saturated heterocycles. The van der Waals surface area contributed by atoms with Gasteiger partial charge in [-0.05, 0) is 49.2 Å². The van der Waals surface area contributed by atoms with Crippen LogP contribution >= 0.6 is 11.3 Å². The highest BCUT2D eigenvalue weighted by molar-refractivity contribution is 7.18. The molecule has 1 heterocycles. The molecular formula is C21H23NO7S. The Balaban J connectivity index is 1.99. The van der Waals surface area contributed by atoms with Crippen LogP contribution < -0.4 is 14.8 Å². The average molecular weight is 433 g/mol. The first kappa shape index (κ1) is 23.0. The van der Waals surface area contributed by atoms with Crippen LogP contribution in [0.4, 0.5) is 5.00 Å². The minimum Gasteiger partial charge on any atom is -0.493 e. The van der Waals surface area contributed by atoms with Crippen LogP contribution in [0.5, 0.6) is 11.5 Å². The fourth-order valence-electron chi connectivity index (χ4n) is 2.40. The number of esters is 2. The summed E-state index contributed by atoms with van der Waals surface area (Å²) >= 11 is 1.14. The van der Waals surface area contributed by atoms with Gasteiger partial charge in [-0.15, -0.1) is 11.3 Å². The van der Waals surface area contributed by atoms with Gasteiger partial charge in [0.25, 0.3) is 5.91 Å². The van der Waals surface area contributed by atoms with E-state index in [1.54, 1.807) is 44.2 Å². The van der Waals surface area contributed by atoms with Gasteiger partial charge >= 0.3 is 11.9 Å². The molecule has 1 amide bonds. The van der Waals surface area contributed by atoms with Crippen molar-refractivity contribution in [2.45, 2.75) is 13.8 Å². The Bertz CT molecular complexity index is 949. The molecular weight excluding hydrogens is 410 g/mol. The summed E-state index contributed by atoms with van der Waals surface area (Å²) in [5.74, 6) is -0.490. The first-order valence-corrected chi connectivity index (χ1v) is 9.83. The standard InChI is InChI=1S/C21H23NO7S/c1-5-28-21(25)20-13(2)10-18(30-20)22-17(23)12-29-15-8-6-14(11-16(15)26-3)7-9-19(24)27-4/h6-11H,5,12H2,1-4H3,(H,22,23). The summed E-state index contributed by atoms with van der Waals surface area (Å²) in [5.41, 5.74) is 1.43. The number of hydrogen-bond donors (Lipinski definition) is 1. The van der Waals surface area contributed by atoms with Gasteiger partial charge in [0.1, 0.15) is 4.88 Å². The molecule has 0 fully saturated rings. The molecule has 0 bridgehead atoms. The van der Waals surface area contributed by atoms with Gasteiger partial charge in [-0.25, -0.2) is 9.59 Å². The van der Waals surface area contributed by atoms with E-state index in [4.69, 9.17) is 14.2 Å². The molecule has 0 aliphatic rings. The monoisotopic (exact) mass is 433 g/mol. The molecule has 0 unspecified atom stereocenters. The third-order valence-electron chi connectivity index (χ3n) is 3.80. The third kappa shape index (κ3) is 6.35. The van der Waals surface area contributed by atoms with E-state index in [1.165, 1.54) is 20.3 Å². The largest absolute Gasteiger partial charge is 0.493 e. The van der Waals surface area contributed by atoms with Gasteiger partial charge in [-0.1, -0.05) is 6.07 Å². The highest BCUT2D eigenvalue weighted by Crippen LogP contribution is 2.29. The molecule has 2 rings (SSSR count). The minimum absolute atomic E-state index is 0.251. The maximum atomic E-state index is 12.2. The van der Waals surface area contributed by atoms with Crippen molar-refractivity contribution in [1.29, 1.82) is 0 Å². The number of carbonyl (C=O) groups is 3. The lowest BCUT2D eigenvalue weighted by molar-refractivity contribution is -0.134. The Morgan fingerprint density at radius 2 is 1.90 bits per heavy atom. The molecule has 30 heavy (non-hydrogen) atoms. The lowest BCUT2D eigenvalue weighted by Crippen LogP contribution is -2.19. The van der Waals surface area contributed by atoms with E-state index in [0.29, 0.717) is 26.9 Å². The van der Waals surface area contributed by atoms with Crippen molar-refractivity contribution in [3.8, 4) is 11.5 Å². The van der Waals surface area contributed by atoms with E-state index in [-0.39, 0.29) is 19.1 Å². The van der Waals surface area contributed by atoms with Gasteiger partial charge in [0, 0.05) is 6.08 Å². The zero-order chi connectivity index (χ0) is 22.1. The summed E-state index contributed by atoms with van der Waals surface area (Å²) in [7, 11) is 2.77. The number of benzene rings is 1. The van der Waals surface area contributed by atoms with E-state index in [2.05, 4.69) is 10.1 Å². The number of hydrogen-bond acceptors (Lipinski definition) is 8. The Morgan fingerprint density at radius 3 is 2.57 bits per heavy atom. The number of rotatable bonds is 9. The number of ether oxygens (including phenoxy) is 4. The molecule has 1 N–H and O–H groups in total. The topological polar surface area (TPSA) is 100 Å². The normalized spacial score (nSPS) is 10.5. The van der Waals surface area contributed by atoms with Gasteiger partial charge in [-0.2, -0.15) is 0 Å². The number of amides is 1. The molecule has 8 nitrogen and oxygen atoms in total. The summed E-state index contributed by atoms with van der Waals surface area (Å²) in [5, 5.41) is 3.23. The van der Waals surface area contributed by atoms with Crippen molar-refractivity contribution < 1.29 is 33.3 Å². The van der Waals surface area contributed by atoms with Gasteiger partial charge in [0.2, 0.25) is 0 Å². The van der Waals surface area contributed by atoms with Crippen LogP contribution in [0.3, 0.4) is 0 Å². The summed E-state index contributed by atoms with van der Waals surface area (Å²) in [4.78, 5) is 35.8. The smallest absolute Gasteiger partial charge is 0.348 e. The Morgan fingerprint density at radius 1 is 1.13 bits per heavy atom. The van der Waals surface area contributed by atoms with E-state index in [0.717, 1.165) is 16.9 Å². The van der Waals surface area contributed by atoms with Crippen LogP contribution in [-0.2, 0) is 19.1 Å². The Labute approximate surface area is 178 Å². The van der Waals surface area contributed by atoms with Crippen LogP contribution in [0.2, 0.25) is 0 Å². The summed E-state index contributed by atoms with van der Waals surface area (Å²) in [6, 6.07) is 6.72. The highest BCUT2D eigenvalue weighted by Gasteiger charge is 2.16. The maximum Gasteiger partial charge on any atom is 0.348 e. The Hall–Kier alpha value is -3.33. The summed E-state index contributed by atoms with van der Waals surface area (Å²) in [6.45, 7) is 3.54. The number of nitrogens with one attached hydrogen (secondary N) is 1. The molecule has 0 spiro atoms. The number of methoxy groups -OCH3 is 2. The van der Waals surface area contributed by atoms with Gasteiger partial charge < -0.3 is 24.3 Å². The van der Waals surface area contributed by atoms with Gasteiger partial charge in [0.15, 0.2) is 18.1 Å². The van der Waals surface area contributed by atoms with E-state index in [1.807, 2.05) is 0 Å². The summed E-state index contributed by atoms with van der Waals surface area (Å²) < 4.78 is 20.4. The van der Waals surface area contributed by atoms with Crippen molar-refractivity contribution in [2.24, 2.45) is 0 Å². The fraction of sp³-hybridized carbons (Fsp3) is 0.286. The zero-order valence-electron chi connectivity index (χ0n) is 17.1. The first-order chi connectivity index (χ1) is 14.4. The van der Waals surface area contributed by atoms with Crippen LogP contribution in [0, 0.1) is 6.92 Å². The van der Waals surface area contributed by atoms with E-state index >= 15 is 0 Å². The van der Waals surface area contributed by atoms with Crippen LogP contribution in [0.25, 0.3) is 6.08 Å². The molecule has 9 heteroatoms. The number of thiophene rings is 1. The molecule has 2 aromatic rings. The quantitative estimate of drug-likeness (QED) is 0.478. The first-order valence-electron chi connectivity index (χ1n) is 9.02. The fourth-order valence-corrected chi connectivity index (χ4v) is 3.38. The molecule has 160 valence electrons. The lowest BCUT2D eigenvalue weighted by atomic mass is 10.2. The molecule has 1 aromatic heterocycles. The minimum atomic E-state index is -0.471. The van der Waals surface area contributed by atoms with E-state index in [9.17, 15) is 14.4 Å². The van der Waals surface area contributed by atoms with Crippen LogP contribution in [-0.4, -0.2) is 45.3 Å². The average Bonchev–Trinajstić information content (AvgIpc) is 3.10. The third-order valence-corrected chi connectivity index (χ3v) is 4.93. The number of anilines is 1. The predicted molar refractivity (Wildman–Crippen MR) is 113 cm³/mol. The highest BCUT2D eigenvalue weighted by atomic mass is 32.1. The van der Waals surface area contributed by atoms with Crippen LogP contribution in [0.1, 0.15) is 27.7 Å². The molecule has 0 aliphatic heterocycles. The SMILES string of the molecule is CCOC(=O)c1sc(NC(=O)COc2ccc(C=CC(=O)OC)cc2OC)cc1C. The maximum absolute atomic E-state index is 12.2. The zero-order valence-corrected chi connectivity index (χ0v) is 18.0. The summed E-state index contributed by atoms with van der Waals surface area (Å²) in [6.07, 6.45) is 2.86. The van der Waals surface area contributed by atoms with Crippen molar-refractivity contribution in [3.63, 3.8) is 0 Å². The molecule has 1 aromatic carbocycles. The lowest BCUT2D eigenvalue weighted by Gasteiger charge is -2.11. The van der Waals surface area contributed by atoms with Gasteiger partial charge in [-0.3, -0.25) is 4.79 Å². The van der Waals surface area contributed by atoms with Gasteiger partial charge in [0.05, 0.1) is 25.8 Å². The van der Waals surface area contributed by atoms with Crippen molar-refractivity contribution >= 4 is 40.3 Å². The van der Waals surface area contributed by atoms with Crippen molar-refractivity contribution in [2.75, 3.05) is 32.8 Å².